The molecule has 138 valence electrons. The molecule has 0 atom stereocenters. The van der Waals surface area contributed by atoms with E-state index in [9.17, 15) is 18.0 Å². The second kappa shape index (κ2) is 8.18. The molecule has 0 spiro atoms. The Kier molecular flexibility index (Phi) is 6.41. The van der Waals surface area contributed by atoms with Crippen molar-refractivity contribution in [2.45, 2.75) is 11.8 Å². The highest BCUT2D eigenvalue weighted by Gasteiger charge is 2.24. The van der Waals surface area contributed by atoms with Crippen molar-refractivity contribution in [3.63, 3.8) is 0 Å². The van der Waals surface area contributed by atoms with Crippen molar-refractivity contribution in [3.8, 4) is 0 Å². The zero-order valence-electron chi connectivity index (χ0n) is 14.0. The van der Waals surface area contributed by atoms with E-state index in [2.05, 4.69) is 5.32 Å². The molecule has 2 rings (SSSR count). The van der Waals surface area contributed by atoms with E-state index >= 15 is 0 Å². The molecule has 0 saturated heterocycles. The van der Waals surface area contributed by atoms with Crippen molar-refractivity contribution < 1.29 is 18.0 Å². The summed E-state index contributed by atoms with van der Waals surface area (Å²) in [6.07, 6.45) is 0. The first-order chi connectivity index (χ1) is 12.1. The second-order valence-corrected chi connectivity index (χ2v) is 8.35. The zero-order valence-corrected chi connectivity index (χ0v) is 16.3. The van der Waals surface area contributed by atoms with Crippen LogP contribution in [0, 0.1) is 0 Å². The van der Waals surface area contributed by atoms with Crippen molar-refractivity contribution >= 4 is 50.6 Å². The fraction of sp³-hybridized carbons (Fsp3) is 0.176. The van der Waals surface area contributed by atoms with Crippen molar-refractivity contribution in [2.75, 3.05) is 18.9 Å². The number of hydrogen-bond acceptors (Lipinski definition) is 4. The first-order valence-corrected chi connectivity index (χ1v) is 9.63. The Balaban J connectivity index is 2.18. The lowest BCUT2D eigenvalue weighted by Gasteiger charge is -2.18. The number of sulfonamides is 1. The molecule has 1 amide bonds. The van der Waals surface area contributed by atoms with E-state index in [4.69, 9.17) is 23.2 Å². The molecular formula is C17H16Cl2N2O4S. The minimum Gasteiger partial charge on any atom is -0.322 e. The molecule has 0 aliphatic rings. The van der Waals surface area contributed by atoms with Crippen molar-refractivity contribution in [3.05, 3.63) is 58.1 Å². The number of para-hydroxylation sites is 1. The summed E-state index contributed by atoms with van der Waals surface area (Å²) in [5.41, 5.74) is 0.483. The van der Waals surface area contributed by atoms with Crippen LogP contribution >= 0.6 is 23.2 Å². The molecule has 0 radical (unpaired) electrons. The number of carbonyl (C=O) groups excluding carboxylic acids is 2. The van der Waals surface area contributed by atoms with Crippen LogP contribution in [0.15, 0.2) is 47.4 Å². The van der Waals surface area contributed by atoms with Gasteiger partial charge in [-0.2, -0.15) is 4.31 Å². The smallest absolute Gasteiger partial charge is 0.243 e. The van der Waals surface area contributed by atoms with Gasteiger partial charge in [0.2, 0.25) is 15.9 Å². The molecule has 9 heteroatoms. The largest absolute Gasteiger partial charge is 0.322 e. The molecule has 0 bridgehead atoms. The predicted molar refractivity (Wildman–Crippen MR) is 101 cm³/mol. The lowest BCUT2D eigenvalue weighted by molar-refractivity contribution is -0.116. The number of amides is 1. The van der Waals surface area contributed by atoms with E-state index in [1.54, 1.807) is 18.2 Å². The molecule has 0 fully saturated rings. The van der Waals surface area contributed by atoms with Crippen molar-refractivity contribution in [2.24, 2.45) is 0 Å². The minimum absolute atomic E-state index is 0.0729. The third-order valence-corrected chi connectivity index (χ3v) is 5.97. The van der Waals surface area contributed by atoms with Crippen LogP contribution in [-0.4, -0.2) is 38.0 Å². The molecule has 0 heterocycles. The van der Waals surface area contributed by atoms with Gasteiger partial charge in [0.05, 0.1) is 27.2 Å². The maximum atomic E-state index is 12.6. The van der Waals surface area contributed by atoms with Crippen LogP contribution in [-0.2, 0) is 14.8 Å². The Bertz CT molecular complexity index is 941. The van der Waals surface area contributed by atoms with Crippen LogP contribution in [0.3, 0.4) is 0 Å². The maximum Gasteiger partial charge on any atom is 0.243 e. The van der Waals surface area contributed by atoms with Gasteiger partial charge in [-0.05, 0) is 31.2 Å². The highest BCUT2D eigenvalue weighted by molar-refractivity contribution is 7.89. The average molecular weight is 415 g/mol. The van der Waals surface area contributed by atoms with Crippen LogP contribution in [0.5, 0.6) is 0 Å². The van der Waals surface area contributed by atoms with E-state index in [1.165, 1.54) is 38.2 Å². The average Bonchev–Trinajstić information content (AvgIpc) is 2.58. The normalized spacial score (nSPS) is 11.4. The highest BCUT2D eigenvalue weighted by atomic mass is 35.5. The standard InChI is InChI=1S/C17H16Cl2N2O4S/c1-11(22)12-5-3-6-13(9-12)26(24,25)21(2)10-16(23)20-17-14(18)7-4-8-15(17)19/h3-9H,10H2,1-2H3,(H,20,23). The fourth-order valence-electron chi connectivity index (χ4n) is 2.14. The first kappa shape index (κ1) is 20.4. The summed E-state index contributed by atoms with van der Waals surface area (Å²) < 4.78 is 26.1. The second-order valence-electron chi connectivity index (χ2n) is 5.49. The molecular weight excluding hydrogens is 399 g/mol. The fourth-order valence-corrected chi connectivity index (χ4v) is 3.80. The number of benzene rings is 2. The Hall–Kier alpha value is -1.93. The van der Waals surface area contributed by atoms with E-state index in [0.29, 0.717) is 0 Å². The Labute approximate surface area is 161 Å². The van der Waals surface area contributed by atoms with Gasteiger partial charge in [-0.15, -0.1) is 0 Å². The molecule has 0 unspecified atom stereocenters. The van der Waals surface area contributed by atoms with Gasteiger partial charge in [0.25, 0.3) is 0 Å². The summed E-state index contributed by atoms with van der Waals surface area (Å²) in [4.78, 5) is 23.6. The van der Waals surface area contributed by atoms with Gasteiger partial charge in [-0.25, -0.2) is 8.42 Å². The number of nitrogens with one attached hydrogen (secondary N) is 1. The number of likely N-dealkylation sites (N-methyl/N-ethyl adjacent to an activating group) is 1. The van der Waals surface area contributed by atoms with Crippen LogP contribution in [0.2, 0.25) is 10.0 Å². The van der Waals surface area contributed by atoms with E-state index in [0.717, 1.165) is 4.31 Å². The molecule has 26 heavy (non-hydrogen) atoms. The molecule has 2 aromatic carbocycles. The predicted octanol–water partition coefficient (Wildman–Crippen LogP) is 3.46. The molecule has 0 aromatic heterocycles. The van der Waals surface area contributed by atoms with Gasteiger partial charge in [-0.1, -0.05) is 41.4 Å². The quantitative estimate of drug-likeness (QED) is 0.733. The summed E-state index contributed by atoms with van der Waals surface area (Å²) in [5.74, 6) is -0.857. The first-order valence-electron chi connectivity index (χ1n) is 7.44. The topological polar surface area (TPSA) is 83.6 Å². The zero-order chi connectivity index (χ0) is 19.5. The maximum absolute atomic E-state index is 12.6. The van der Waals surface area contributed by atoms with Crippen LogP contribution in [0.4, 0.5) is 5.69 Å². The van der Waals surface area contributed by atoms with Crippen LogP contribution in [0.25, 0.3) is 0 Å². The van der Waals surface area contributed by atoms with Gasteiger partial charge >= 0.3 is 0 Å². The number of nitrogens with zero attached hydrogens (tertiary/aromatic N) is 1. The Morgan fingerprint density at radius 1 is 1.08 bits per heavy atom. The lowest BCUT2D eigenvalue weighted by Crippen LogP contribution is -2.35. The summed E-state index contributed by atoms with van der Waals surface area (Å²) >= 11 is 12.0. The van der Waals surface area contributed by atoms with Gasteiger partial charge in [0, 0.05) is 12.6 Å². The van der Waals surface area contributed by atoms with E-state index in [1.807, 2.05) is 0 Å². The number of halogens is 2. The monoisotopic (exact) mass is 414 g/mol. The van der Waals surface area contributed by atoms with Gasteiger partial charge in [0.1, 0.15) is 0 Å². The van der Waals surface area contributed by atoms with Crippen LogP contribution in [0.1, 0.15) is 17.3 Å². The molecule has 0 aliphatic carbocycles. The van der Waals surface area contributed by atoms with Gasteiger partial charge in [-0.3, -0.25) is 9.59 Å². The van der Waals surface area contributed by atoms with Crippen LogP contribution < -0.4 is 5.32 Å². The lowest BCUT2D eigenvalue weighted by atomic mass is 10.2. The number of carbonyl (C=O) groups is 2. The van der Waals surface area contributed by atoms with Gasteiger partial charge < -0.3 is 5.32 Å². The number of ketones is 1. The number of anilines is 1. The summed E-state index contributed by atoms with van der Waals surface area (Å²) in [6.45, 7) is 0.893. The summed E-state index contributed by atoms with van der Waals surface area (Å²) in [6, 6.07) is 10.4. The summed E-state index contributed by atoms with van der Waals surface area (Å²) in [7, 11) is -2.68. The van der Waals surface area contributed by atoms with E-state index in [-0.39, 0.29) is 32.0 Å². The third-order valence-electron chi connectivity index (χ3n) is 3.54. The van der Waals surface area contributed by atoms with Gasteiger partial charge in [0.15, 0.2) is 5.78 Å². The number of rotatable bonds is 6. The third kappa shape index (κ3) is 4.62. The Morgan fingerprint density at radius 2 is 1.65 bits per heavy atom. The minimum atomic E-state index is -3.95. The van der Waals surface area contributed by atoms with Crippen molar-refractivity contribution in [1.82, 2.24) is 4.31 Å². The number of Topliss-reactive ketones (excluding diaryl/α,β-unsaturated/α-hetero) is 1. The van der Waals surface area contributed by atoms with Crippen molar-refractivity contribution in [1.29, 1.82) is 0 Å². The molecule has 0 aliphatic heterocycles. The molecule has 2 aromatic rings. The molecule has 0 saturated carbocycles. The highest BCUT2D eigenvalue weighted by Crippen LogP contribution is 2.29. The summed E-state index contributed by atoms with van der Waals surface area (Å²) in [5, 5.41) is 2.98. The molecule has 1 N–H and O–H groups in total. The Morgan fingerprint density at radius 3 is 2.23 bits per heavy atom. The SMILES string of the molecule is CC(=O)c1cccc(S(=O)(=O)N(C)CC(=O)Nc2c(Cl)cccc2Cl)c1. The van der Waals surface area contributed by atoms with E-state index < -0.39 is 22.5 Å². The number of hydrogen-bond donors (Lipinski definition) is 1. The molecule has 6 nitrogen and oxygen atoms in total.